The van der Waals surface area contributed by atoms with Crippen molar-refractivity contribution >= 4 is 44.7 Å². The van der Waals surface area contributed by atoms with E-state index < -0.39 is 92.2 Å². The van der Waals surface area contributed by atoms with Crippen molar-refractivity contribution in [1.29, 1.82) is 0 Å². The molecule has 7 unspecified atom stereocenters. The third-order valence-corrected chi connectivity index (χ3v) is 13.9. The van der Waals surface area contributed by atoms with Crippen LogP contribution in [0.15, 0.2) is 36.4 Å². The lowest BCUT2D eigenvalue weighted by atomic mass is 10.0. The second-order valence-electron chi connectivity index (χ2n) is 16.6. The van der Waals surface area contributed by atoms with Gasteiger partial charge in [0.15, 0.2) is 0 Å². The van der Waals surface area contributed by atoms with Crippen LogP contribution in [-0.2, 0) is 33.9 Å². The van der Waals surface area contributed by atoms with Crippen LogP contribution < -0.4 is 29.6 Å². The van der Waals surface area contributed by atoms with Gasteiger partial charge in [0.2, 0.25) is 33.3 Å². The van der Waals surface area contributed by atoms with E-state index in [1.807, 2.05) is 0 Å². The molecule has 1 aromatic carbocycles. The summed E-state index contributed by atoms with van der Waals surface area (Å²) in [4.78, 5) is 62.2. The van der Waals surface area contributed by atoms with Crippen LogP contribution in [0.1, 0.15) is 79.6 Å². The predicted octanol–water partition coefficient (Wildman–Crippen LogP) is 4.44. The van der Waals surface area contributed by atoms with Gasteiger partial charge in [0.05, 0.1) is 43.2 Å². The number of allylic oxidation sites excluding steroid dienone is 1. The van der Waals surface area contributed by atoms with Crippen LogP contribution in [0.2, 0.25) is 0 Å². The van der Waals surface area contributed by atoms with Crippen LogP contribution in [0.4, 0.5) is 18.0 Å². The molecule has 330 valence electrons. The summed E-state index contributed by atoms with van der Waals surface area (Å²) in [5.41, 5.74) is -4.18. The zero-order chi connectivity index (χ0) is 44.0. The highest BCUT2D eigenvalue weighted by molar-refractivity contribution is 7.91. The van der Waals surface area contributed by atoms with Gasteiger partial charge in [-0.3, -0.25) is 19.1 Å². The van der Waals surface area contributed by atoms with Crippen LogP contribution in [0.25, 0.3) is 10.9 Å². The summed E-state index contributed by atoms with van der Waals surface area (Å²) >= 11 is 0. The van der Waals surface area contributed by atoms with Gasteiger partial charge in [0.1, 0.15) is 35.2 Å². The van der Waals surface area contributed by atoms with E-state index in [-0.39, 0.29) is 37.4 Å². The fourth-order valence-corrected chi connectivity index (χ4v) is 8.72. The number of ether oxygens (including phenoxy) is 5. The lowest BCUT2D eigenvalue weighted by molar-refractivity contribution is -0.244. The molecule has 0 spiro atoms. The number of halogens is 3. The van der Waals surface area contributed by atoms with Crippen molar-refractivity contribution in [2.75, 3.05) is 20.8 Å². The van der Waals surface area contributed by atoms with Gasteiger partial charge in [-0.2, -0.15) is 13.2 Å². The molecule has 4 aliphatic rings. The zero-order valence-corrected chi connectivity index (χ0v) is 35.3. The summed E-state index contributed by atoms with van der Waals surface area (Å²) in [6.45, 7) is 5.98. The fraction of sp³-hybridized carbons (Fsp3) is 0.625. The number of carbonyl (C=O) groups excluding carboxylic acids is 4. The first kappa shape index (κ1) is 44.7. The summed E-state index contributed by atoms with van der Waals surface area (Å²) in [5, 5.41) is 5.62. The van der Waals surface area contributed by atoms with Gasteiger partial charge in [0.25, 0.3) is 5.91 Å². The normalized spacial score (nSPS) is 28.3. The number of alkyl carbamates (subject to hydrolysis) is 1. The number of nitrogens with zero attached hydrogens (tertiary/aromatic N) is 2. The number of aromatic nitrogens is 1. The first-order valence-corrected chi connectivity index (χ1v) is 21.3. The van der Waals surface area contributed by atoms with Crippen molar-refractivity contribution in [3.05, 3.63) is 36.4 Å². The minimum atomic E-state index is -4.95. The smallest absolute Gasteiger partial charge is 0.427 e. The number of amides is 4. The van der Waals surface area contributed by atoms with E-state index >= 15 is 0 Å². The molecule has 3 heterocycles. The molecular weight excluding hydrogens is 816 g/mol. The Bertz CT molecular complexity index is 2140. The molecule has 2 aromatic rings. The monoisotopic (exact) mass is 867 g/mol. The number of fused-ring (bicyclic) bond motifs is 3. The number of benzene rings is 1. The lowest BCUT2D eigenvalue weighted by Crippen LogP contribution is -2.61. The Hall–Kier alpha value is -4.85. The molecule has 0 radical (unpaired) electrons. The summed E-state index contributed by atoms with van der Waals surface area (Å²) < 4.78 is 97.2. The Balaban J connectivity index is 1.39. The summed E-state index contributed by atoms with van der Waals surface area (Å²) in [5.74, 6) is -2.27. The highest BCUT2D eigenvalue weighted by Gasteiger charge is 2.63. The number of sulfonamides is 1. The first-order valence-electron chi connectivity index (χ1n) is 19.8. The molecule has 0 bridgehead atoms. The third kappa shape index (κ3) is 9.08. The first-order chi connectivity index (χ1) is 28.1. The Morgan fingerprint density at radius 3 is 2.47 bits per heavy atom. The van der Waals surface area contributed by atoms with Gasteiger partial charge in [-0.15, -0.1) is 0 Å². The zero-order valence-electron chi connectivity index (χ0n) is 34.5. The minimum absolute atomic E-state index is 0.0646. The van der Waals surface area contributed by atoms with Crippen molar-refractivity contribution in [3.63, 3.8) is 0 Å². The molecule has 1 saturated heterocycles. The van der Waals surface area contributed by atoms with Gasteiger partial charge in [-0.25, -0.2) is 18.2 Å². The molecule has 3 N–H and O–H groups in total. The number of alkyl halides is 3. The lowest BCUT2D eigenvalue weighted by Gasteiger charge is -2.35. The quantitative estimate of drug-likeness (QED) is 0.284. The van der Waals surface area contributed by atoms with Gasteiger partial charge in [0, 0.05) is 29.9 Å². The topological polar surface area (TPSA) is 201 Å². The highest BCUT2D eigenvalue weighted by Crippen LogP contribution is 2.48. The molecule has 6 rings (SSSR count). The van der Waals surface area contributed by atoms with Gasteiger partial charge in [-0.05, 0) is 78.4 Å². The van der Waals surface area contributed by atoms with E-state index in [9.17, 15) is 40.8 Å². The maximum atomic E-state index is 14.9. The molecule has 16 nitrogen and oxygen atoms in total. The SMILES string of the molecule is CCC1OC(C)CCC=CC2CC2(C(=O)NS(=O)(=O)C2(C)CC2)NC(=O)C2CC(Oc3cc(OC)nc4cc(OC)ccc34)CN2C(=O)C1NC(=O)OC(C)(C)C(F)(F)F. The highest BCUT2D eigenvalue weighted by atomic mass is 32.2. The van der Waals surface area contributed by atoms with Crippen molar-refractivity contribution in [2.24, 2.45) is 5.92 Å². The number of carbonyl (C=O) groups is 4. The Kier molecular flexibility index (Phi) is 12.3. The molecule has 3 fully saturated rings. The molecule has 2 saturated carbocycles. The van der Waals surface area contributed by atoms with Crippen LogP contribution >= 0.6 is 0 Å². The maximum Gasteiger partial charge on any atom is 0.427 e. The van der Waals surface area contributed by atoms with E-state index in [1.54, 1.807) is 44.2 Å². The van der Waals surface area contributed by atoms with Crippen LogP contribution in [0.3, 0.4) is 0 Å². The number of rotatable bonds is 10. The van der Waals surface area contributed by atoms with E-state index in [2.05, 4.69) is 20.3 Å². The predicted molar refractivity (Wildman–Crippen MR) is 210 cm³/mol. The Labute approximate surface area is 346 Å². The molecule has 60 heavy (non-hydrogen) atoms. The molecule has 20 heteroatoms. The molecule has 2 aliphatic carbocycles. The van der Waals surface area contributed by atoms with Crippen molar-refractivity contribution < 1.29 is 64.5 Å². The second kappa shape index (κ2) is 16.5. The fourth-order valence-electron chi connectivity index (χ4n) is 7.41. The molecular formula is C40H52F3N5O11S. The Morgan fingerprint density at radius 1 is 1.12 bits per heavy atom. The van der Waals surface area contributed by atoms with Crippen molar-refractivity contribution in [2.45, 2.75) is 132 Å². The summed E-state index contributed by atoms with van der Waals surface area (Å²) in [6, 6.07) is 3.54. The number of hydrogen-bond acceptors (Lipinski definition) is 12. The van der Waals surface area contributed by atoms with Crippen LogP contribution in [0, 0.1) is 5.92 Å². The van der Waals surface area contributed by atoms with E-state index in [0.29, 0.717) is 56.2 Å². The average molecular weight is 868 g/mol. The van der Waals surface area contributed by atoms with E-state index in [0.717, 1.165) is 4.90 Å². The number of methoxy groups -OCH3 is 2. The third-order valence-electron chi connectivity index (χ3n) is 11.8. The van der Waals surface area contributed by atoms with Gasteiger partial charge in [-0.1, -0.05) is 19.1 Å². The summed E-state index contributed by atoms with van der Waals surface area (Å²) in [6.07, 6.45) is -4.01. The Morgan fingerprint density at radius 2 is 1.83 bits per heavy atom. The number of pyridine rings is 1. The number of nitrogens with one attached hydrogen (secondary N) is 3. The number of hydrogen-bond donors (Lipinski definition) is 3. The standard InChI is InChI=1S/C40H52F3N5O11S/c1-8-29-32(45-36(52)59-37(3,4)40(41,42)43)34(50)48-21-25(58-30-19-31(56-7)44-27-17-24(55-6)13-14-26(27)30)18-28(48)33(49)46-39(20-23(39)12-10-9-11-22(2)57-29)35(51)47-60(53,54)38(5)15-16-38/h10,12-14,17,19,22-23,25,28-29,32H,8-9,11,15-16,18,20-21H2,1-7H3,(H,45,52)(H,46,49)(H,47,51). The molecule has 7 atom stereocenters. The van der Waals surface area contributed by atoms with E-state index in [4.69, 9.17) is 23.7 Å². The van der Waals surface area contributed by atoms with Gasteiger partial charge >= 0.3 is 12.3 Å². The van der Waals surface area contributed by atoms with Gasteiger partial charge < -0.3 is 39.2 Å². The van der Waals surface area contributed by atoms with Crippen molar-refractivity contribution in [3.8, 4) is 17.4 Å². The minimum Gasteiger partial charge on any atom is -0.497 e. The van der Waals surface area contributed by atoms with Crippen LogP contribution in [0.5, 0.6) is 17.4 Å². The van der Waals surface area contributed by atoms with Crippen LogP contribution in [-0.4, -0.2) is 115 Å². The maximum absolute atomic E-state index is 14.9. The second-order valence-corrected chi connectivity index (χ2v) is 18.8. The summed E-state index contributed by atoms with van der Waals surface area (Å²) in [7, 11) is -1.20. The molecule has 1 aromatic heterocycles. The largest absolute Gasteiger partial charge is 0.497 e. The molecule has 2 aliphatic heterocycles. The van der Waals surface area contributed by atoms with Crippen molar-refractivity contribution in [1.82, 2.24) is 25.2 Å². The average Bonchev–Trinajstić information content (AvgIpc) is 4.06. The van der Waals surface area contributed by atoms with E-state index in [1.165, 1.54) is 27.2 Å². The molecule has 4 amide bonds.